The van der Waals surface area contributed by atoms with Gasteiger partial charge in [0.25, 0.3) is 0 Å². The molecule has 0 saturated carbocycles. The van der Waals surface area contributed by atoms with Gasteiger partial charge in [-0.25, -0.2) is 0 Å². The second-order valence-electron chi connectivity index (χ2n) is 4.55. The molecule has 14 heavy (non-hydrogen) atoms. The van der Waals surface area contributed by atoms with Crippen LogP contribution in [0.25, 0.3) is 0 Å². The molecule has 0 bridgehead atoms. The van der Waals surface area contributed by atoms with E-state index >= 15 is 0 Å². The molecule has 3 N–H and O–H groups in total. The van der Waals surface area contributed by atoms with Crippen molar-refractivity contribution in [3.63, 3.8) is 0 Å². The first-order valence-electron chi connectivity index (χ1n) is 4.56. The van der Waals surface area contributed by atoms with Crippen molar-refractivity contribution >= 4 is 11.6 Å². The van der Waals surface area contributed by atoms with Crippen LogP contribution in [-0.4, -0.2) is 5.11 Å². The summed E-state index contributed by atoms with van der Waals surface area (Å²) >= 11 is 5.99. The van der Waals surface area contributed by atoms with Gasteiger partial charge in [0.15, 0.2) is 0 Å². The zero-order valence-electron chi connectivity index (χ0n) is 8.71. The van der Waals surface area contributed by atoms with Gasteiger partial charge < -0.3 is 10.8 Å². The van der Waals surface area contributed by atoms with E-state index in [4.69, 9.17) is 17.3 Å². The van der Waals surface area contributed by atoms with Gasteiger partial charge in [-0.15, -0.1) is 0 Å². The van der Waals surface area contributed by atoms with Gasteiger partial charge in [0.05, 0.1) is 0 Å². The Balaban J connectivity index is 3.08. The third-order valence-electron chi connectivity index (χ3n) is 2.25. The van der Waals surface area contributed by atoms with Gasteiger partial charge in [0, 0.05) is 11.1 Å². The highest BCUT2D eigenvalue weighted by Crippen LogP contribution is 2.35. The lowest BCUT2D eigenvalue weighted by molar-refractivity contribution is 0.327. The van der Waals surface area contributed by atoms with Crippen LogP contribution in [0.2, 0.25) is 5.02 Å². The molecule has 0 spiro atoms. The van der Waals surface area contributed by atoms with Crippen LogP contribution >= 0.6 is 11.6 Å². The number of nitrogens with two attached hydrogens (primary N) is 1. The molecule has 1 aromatic rings. The number of benzene rings is 1. The fourth-order valence-corrected chi connectivity index (χ4v) is 1.53. The number of hydrogen-bond acceptors (Lipinski definition) is 2. The average Bonchev–Trinajstić information content (AvgIpc) is 2.01. The molecule has 1 atom stereocenters. The maximum atomic E-state index is 9.20. The minimum Gasteiger partial charge on any atom is -0.508 e. The van der Waals surface area contributed by atoms with Crippen LogP contribution < -0.4 is 5.73 Å². The van der Waals surface area contributed by atoms with E-state index in [0.717, 1.165) is 5.56 Å². The molecule has 0 unspecified atom stereocenters. The van der Waals surface area contributed by atoms with E-state index in [0.29, 0.717) is 5.02 Å². The van der Waals surface area contributed by atoms with Crippen LogP contribution in [0.5, 0.6) is 5.75 Å². The monoisotopic (exact) mass is 213 g/mol. The largest absolute Gasteiger partial charge is 0.508 e. The quantitative estimate of drug-likeness (QED) is 0.753. The Hall–Kier alpha value is -0.730. The van der Waals surface area contributed by atoms with Gasteiger partial charge in [0.1, 0.15) is 5.75 Å². The SMILES string of the molecule is CC(C)(C)[C@H](N)c1ccc(O)cc1Cl. The lowest BCUT2D eigenvalue weighted by Gasteiger charge is -2.28. The number of phenols is 1. The molecule has 0 aliphatic carbocycles. The molecule has 0 fully saturated rings. The van der Waals surface area contributed by atoms with Gasteiger partial charge in [0.2, 0.25) is 0 Å². The Morgan fingerprint density at radius 2 is 1.93 bits per heavy atom. The Morgan fingerprint density at radius 1 is 1.36 bits per heavy atom. The van der Waals surface area contributed by atoms with Crippen LogP contribution in [0.15, 0.2) is 18.2 Å². The number of hydrogen-bond donors (Lipinski definition) is 2. The zero-order chi connectivity index (χ0) is 10.9. The molecule has 0 aromatic heterocycles. The fraction of sp³-hybridized carbons (Fsp3) is 0.455. The first kappa shape index (κ1) is 11.3. The van der Waals surface area contributed by atoms with Crippen LogP contribution in [0.4, 0.5) is 0 Å². The average molecular weight is 214 g/mol. The Bertz CT molecular complexity index is 331. The lowest BCUT2D eigenvalue weighted by atomic mass is 9.83. The van der Waals surface area contributed by atoms with Crippen molar-refractivity contribution in [2.45, 2.75) is 26.8 Å². The summed E-state index contributed by atoms with van der Waals surface area (Å²) in [6, 6.07) is 4.76. The van der Waals surface area contributed by atoms with Crippen LogP contribution in [-0.2, 0) is 0 Å². The van der Waals surface area contributed by atoms with Crippen LogP contribution in [0, 0.1) is 5.41 Å². The summed E-state index contributed by atoms with van der Waals surface area (Å²) in [6.45, 7) is 6.17. The highest BCUT2D eigenvalue weighted by molar-refractivity contribution is 6.31. The molecule has 0 amide bonds. The number of rotatable bonds is 1. The summed E-state index contributed by atoms with van der Waals surface area (Å²) in [5.41, 5.74) is 6.89. The molecule has 3 heteroatoms. The topological polar surface area (TPSA) is 46.2 Å². The van der Waals surface area contributed by atoms with E-state index < -0.39 is 0 Å². The summed E-state index contributed by atoms with van der Waals surface area (Å²) in [7, 11) is 0. The molecule has 0 saturated heterocycles. The Kier molecular flexibility index (Phi) is 3.07. The van der Waals surface area contributed by atoms with Crippen LogP contribution in [0.1, 0.15) is 32.4 Å². The number of phenolic OH excluding ortho intramolecular Hbond substituents is 1. The van der Waals surface area contributed by atoms with Crippen molar-refractivity contribution in [3.05, 3.63) is 28.8 Å². The van der Waals surface area contributed by atoms with Gasteiger partial charge in [-0.1, -0.05) is 38.4 Å². The second-order valence-corrected chi connectivity index (χ2v) is 4.96. The van der Waals surface area contributed by atoms with Gasteiger partial charge >= 0.3 is 0 Å². The van der Waals surface area contributed by atoms with E-state index in [2.05, 4.69) is 20.8 Å². The third-order valence-corrected chi connectivity index (χ3v) is 2.58. The first-order chi connectivity index (χ1) is 6.32. The molecule has 0 aliphatic heterocycles. The second kappa shape index (κ2) is 3.79. The van der Waals surface area contributed by atoms with E-state index in [-0.39, 0.29) is 17.2 Å². The molecule has 78 valence electrons. The van der Waals surface area contributed by atoms with Crippen molar-refractivity contribution < 1.29 is 5.11 Å². The van der Waals surface area contributed by atoms with Crippen LogP contribution in [0.3, 0.4) is 0 Å². The molecule has 0 radical (unpaired) electrons. The lowest BCUT2D eigenvalue weighted by Crippen LogP contribution is -2.26. The maximum Gasteiger partial charge on any atom is 0.117 e. The number of halogens is 1. The molecule has 0 aliphatic rings. The van der Waals surface area contributed by atoms with Crippen molar-refractivity contribution in [2.75, 3.05) is 0 Å². The molecule has 0 heterocycles. The molecular weight excluding hydrogens is 198 g/mol. The molecule has 2 nitrogen and oxygen atoms in total. The van der Waals surface area contributed by atoms with Gasteiger partial charge in [-0.2, -0.15) is 0 Å². The minimum absolute atomic E-state index is 0.0411. The highest BCUT2D eigenvalue weighted by Gasteiger charge is 2.24. The van der Waals surface area contributed by atoms with Gasteiger partial charge in [-0.05, 0) is 23.1 Å². The van der Waals surface area contributed by atoms with E-state index in [1.165, 1.54) is 6.07 Å². The van der Waals surface area contributed by atoms with E-state index in [1.54, 1.807) is 12.1 Å². The normalized spacial score (nSPS) is 14.1. The van der Waals surface area contributed by atoms with Crippen molar-refractivity contribution in [2.24, 2.45) is 11.1 Å². The standard InChI is InChI=1S/C11H16ClNO/c1-11(2,3)10(13)8-5-4-7(14)6-9(8)12/h4-6,10,14H,13H2,1-3H3/t10-/m1/s1. The predicted molar refractivity (Wildman–Crippen MR) is 59.5 cm³/mol. The first-order valence-corrected chi connectivity index (χ1v) is 4.94. The minimum atomic E-state index is -0.129. The smallest absolute Gasteiger partial charge is 0.117 e. The molecule has 1 aromatic carbocycles. The van der Waals surface area contributed by atoms with E-state index in [1.807, 2.05) is 0 Å². The Labute approximate surface area is 89.7 Å². The maximum absolute atomic E-state index is 9.20. The van der Waals surface area contributed by atoms with Crippen molar-refractivity contribution in [1.82, 2.24) is 0 Å². The predicted octanol–water partition coefficient (Wildman–Crippen LogP) is 3.09. The van der Waals surface area contributed by atoms with Crippen molar-refractivity contribution in [3.8, 4) is 5.75 Å². The third kappa shape index (κ3) is 2.40. The summed E-state index contributed by atoms with van der Waals surface area (Å²) in [5, 5.41) is 9.72. The summed E-state index contributed by atoms with van der Waals surface area (Å²) in [6.07, 6.45) is 0. The van der Waals surface area contributed by atoms with Crippen molar-refractivity contribution in [1.29, 1.82) is 0 Å². The van der Waals surface area contributed by atoms with Gasteiger partial charge in [-0.3, -0.25) is 0 Å². The molecular formula is C11H16ClNO. The highest BCUT2D eigenvalue weighted by atomic mass is 35.5. The fourth-order valence-electron chi connectivity index (χ4n) is 1.23. The molecule has 1 rings (SSSR count). The summed E-state index contributed by atoms with van der Waals surface area (Å²) in [4.78, 5) is 0. The summed E-state index contributed by atoms with van der Waals surface area (Å²) < 4.78 is 0. The Morgan fingerprint density at radius 3 is 2.36 bits per heavy atom. The van der Waals surface area contributed by atoms with E-state index in [9.17, 15) is 5.11 Å². The number of aromatic hydroxyl groups is 1. The zero-order valence-corrected chi connectivity index (χ0v) is 9.47. The summed E-state index contributed by atoms with van der Waals surface area (Å²) in [5.74, 6) is 0.167.